The van der Waals surface area contributed by atoms with Crippen LogP contribution in [0.25, 0.3) is 0 Å². The van der Waals surface area contributed by atoms with Gasteiger partial charge in [-0.05, 0) is 18.9 Å². The molecule has 0 saturated heterocycles. The summed E-state index contributed by atoms with van der Waals surface area (Å²) in [5.74, 6) is 0.412. The zero-order valence-electron chi connectivity index (χ0n) is 7.25. The quantitative estimate of drug-likeness (QED) is 0.680. The fourth-order valence-corrected chi connectivity index (χ4v) is 1.41. The first-order valence-corrected chi connectivity index (χ1v) is 4.41. The third-order valence-corrected chi connectivity index (χ3v) is 2.32. The molecule has 1 aliphatic carbocycles. The third kappa shape index (κ3) is 1.46. The Morgan fingerprint density at radius 3 is 2.69 bits per heavy atom. The Hall–Kier alpha value is -1.62. The molecule has 2 heteroatoms. The molecule has 0 spiro atoms. The molecule has 1 N–H and O–H groups in total. The predicted molar refractivity (Wildman–Crippen MR) is 50.7 cm³/mol. The first-order valence-electron chi connectivity index (χ1n) is 4.41. The van der Waals surface area contributed by atoms with Gasteiger partial charge in [0.25, 0.3) is 0 Å². The Balaban J connectivity index is 2.38. The van der Waals surface area contributed by atoms with Crippen molar-refractivity contribution in [3.8, 4) is 6.07 Å². The molecular weight excluding hydrogens is 160 g/mol. The number of hydrogen-bond donors (Lipinski definition) is 1. The van der Waals surface area contributed by atoms with Crippen molar-refractivity contribution in [2.75, 3.05) is 0 Å². The van der Waals surface area contributed by atoms with Gasteiger partial charge < -0.3 is 5.41 Å². The summed E-state index contributed by atoms with van der Waals surface area (Å²) in [7, 11) is 0. The molecule has 0 amide bonds. The minimum absolute atomic E-state index is 0.412. The van der Waals surface area contributed by atoms with E-state index in [4.69, 9.17) is 10.7 Å². The summed E-state index contributed by atoms with van der Waals surface area (Å²) in [5, 5.41) is 16.7. The number of nitriles is 1. The van der Waals surface area contributed by atoms with Crippen LogP contribution < -0.4 is 0 Å². The lowest BCUT2D eigenvalue weighted by Gasteiger charge is -2.03. The van der Waals surface area contributed by atoms with Crippen molar-refractivity contribution in [3.63, 3.8) is 0 Å². The van der Waals surface area contributed by atoms with Crippen LogP contribution in [0.1, 0.15) is 24.0 Å². The van der Waals surface area contributed by atoms with Crippen molar-refractivity contribution in [2.24, 2.45) is 5.92 Å². The van der Waals surface area contributed by atoms with Crippen LogP contribution in [0, 0.1) is 22.7 Å². The topological polar surface area (TPSA) is 47.6 Å². The second-order valence-corrected chi connectivity index (χ2v) is 3.35. The molecule has 1 aromatic carbocycles. The largest absolute Gasteiger partial charge is 0.304 e. The van der Waals surface area contributed by atoms with Gasteiger partial charge in [0.05, 0.1) is 11.6 Å². The molecule has 0 aromatic heterocycles. The lowest BCUT2D eigenvalue weighted by Crippen LogP contribution is -2.03. The number of rotatable bonds is 2. The fraction of sp³-hybridized carbons (Fsp3) is 0.273. The molecule has 1 saturated carbocycles. The third-order valence-electron chi connectivity index (χ3n) is 2.32. The maximum Gasteiger partial charge on any atom is 0.0998 e. The summed E-state index contributed by atoms with van der Waals surface area (Å²) in [6.45, 7) is 0. The second-order valence-electron chi connectivity index (χ2n) is 3.35. The van der Waals surface area contributed by atoms with Crippen LogP contribution in [0.3, 0.4) is 0 Å². The minimum atomic E-state index is 0.412. The zero-order valence-corrected chi connectivity index (χ0v) is 7.25. The van der Waals surface area contributed by atoms with E-state index in [1.54, 1.807) is 6.07 Å². The Labute approximate surface area is 77.3 Å². The summed E-state index contributed by atoms with van der Waals surface area (Å²) in [6, 6.07) is 9.47. The van der Waals surface area contributed by atoms with Gasteiger partial charge in [-0.3, -0.25) is 0 Å². The van der Waals surface area contributed by atoms with Crippen molar-refractivity contribution in [1.82, 2.24) is 0 Å². The normalized spacial score (nSPS) is 15.0. The smallest absolute Gasteiger partial charge is 0.0998 e. The maximum absolute atomic E-state index is 8.82. The standard InChI is InChI=1S/C11H10N2/c12-7-9-3-1-2-4-10(9)11(13)8-5-6-8/h1-4,8,13H,5-6H2. The van der Waals surface area contributed by atoms with Crippen LogP contribution in [-0.2, 0) is 0 Å². The zero-order chi connectivity index (χ0) is 9.26. The van der Waals surface area contributed by atoms with E-state index in [9.17, 15) is 0 Å². The average molecular weight is 170 g/mol. The Morgan fingerprint density at radius 1 is 1.38 bits per heavy atom. The molecule has 0 atom stereocenters. The number of nitrogens with zero attached hydrogens (tertiary/aromatic N) is 1. The van der Waals surface area contributed by atoms with E-state index in [-0.39, 0.29) is 0 Å². The number of hydrogen-bond acceptors (Lipinski definition) is 2. The summed E-state index contributed by atoms with van der Waals surface area (Å²) in [6.07, 6.45) is 2.22. The van der Waals surface area contributed by atoms with Gasteiger partial charge in [0.15, 0.2) is 0 Å². The minimum Gasteiger partial charge on any atom is -0.304 e. The van der Waals surface area contributed by atoms with Gasteiger partial charge in [-0.15, -0.1) is 0 Å². The molecule has 2 rings (SSSR count). The molecule has 0 aliphatic heterocycles. The van der Waals surface area contributed by atoms with Crippen molar-refractivity contribution < 1.29 is 0 Å². The van der Waals surface area contributed by atoms with Gasteiger partial charge in [-0.1, -0.05) is 18.2 Å². The molecule has 64 valence electrons. The van der Waals surface area contributed by atoms with E-state index in [0.717, 1.165) is 18.4 Å². The summed E-state index contributed by atoms with van der Waals surface area (Å²) in [4.78, 5) is 0. The number of nitrogens with one attached hydrogen (secondary N) is 1. The Morgan fingerprint density at radius 2 is 2.08 bits per heavy atom. The predicted octanol–water partition coefficient (Wildman–Crippen LogP) is 2.34. The molecule has 0 heterocycles. The summed E-state index contributed by atoms with van der Waals surface area (Å²) < 4.78 is 0. The second kappa shape index (κ2) is 3.02. The molecular formula is C11H10N2. The van der Waals surface area contributed by atoms with Gasteiger partial charge in [-0.2, -0.15) is 5.26 Å². The molecule has 1 aliphatic rings. The van der Waals surface area contributed by atoms with Gasteiger partial charge in [0, 0.05) is 17.2 Å². The van der Waals surface area contributed by atoms with Crippen LogP contribution >= 0.6 is 0 Å². The molecule has 1 fully saturated rings. The first-order chi connectivity index (χ1) is 6.33. The van der Waals surface area contributed by atoms with Crippen LogP contribution in [0.5, 0.6) is 0 Å². The van der Waals surface area contributed by atoms with Crippen LogP contribution in [-0.4, -0.2) is 5.71 Å². The van der Waals surface area contributed by atoms with Crippen LogP contribution in [0.4, 0.5) is 0 Å². The number of benzene rings is 1. The highest BCUT2D eigenvalue weighted by atomic mass is 14.5. The van der Waals surface area contributed by atoms with E-state index in [1.807, 2.05) is 18.2 Å². The monoisotopic (exact) mass is 170 g/mol. The van der Waals surface area contributed by atoms with Crippen molar-refractivity contribution in [3.05, 3.63) is 35.4 Å². The van der Waals surface area contributed by atoms with Gasteiger partial charge in [0.1, 0.15) is 0 Å². The first kappa shape index (κ1) is 8.00. The van der Waals surface area contributed by atoms with Gasteiger partial charge in [-0.25, -0.2) is 0 Å². The SMILES string of the molecule is N#Cc1ccccc1C(=N)C1CC1. The van der Waals surface area contributed by atoms with Crippen molar-refractivity contribution >= 4 is 5.71 Å². The van der Waals surface area contributed by atoms with E-state index < -0.39 is 0 Å². The molecule has 13 heavy (non-hydrogen) atoms. The Bertz CT molecular complexity index is 383. The van der Waals surface area contributed by atoms with E-state index in [0.29, 0.717) is 17.2 Å². The molecule has 1 aromatic rings. The lowest BCUT2D eigenvalue weighted by molar-refractivity contribution is 1.16. The molecule has 0 unspecified atom stereocenters. The maximum atomic E-state index is 8.82. The van der Waals surface area contributed by atoms with Gasteiger partial charge in [0.2, 0.25) is 0 Å². The van der Waals surface area contributed by atoms with Crippen molar-refractivity contribution in [1.29, 1.82) is 10.7 Å². The van der Waals surface area contributed by atoms with E-state index >= 15 is 0 Å². The van der Waals surface area contributed by atoms with Gasteiger partial charge >= 0.3 is 0 Å². The summed E-state index contributed by atoms with van der Waals surface area (Å²) >= 11 is 0. The lowest BCUT2D eigenvalue weighted by atomic mass is 10.0. The van der Waals surface area contributed by atoms with E-state index in [2.05, 4.69) is 6.07 Å². The summed E-state index contributed by atoms with van der Waals surface area (Å²) in [5.41, 5.74) is 2.07. The van der Waals surface area contributed by atoms with Crippen LogP contribution in [0.15, 0.2) is 24.3 Å². The van der Waals surface area contributed by atoms with E-state index in [1.165, 1.54) is 0 Å². The van der Waals surface area contributed by atoms with Crippen molar-refractivity contribution in [2.45, 2.75) is 12.8 Å². The Kier molecular flexibility index (Phi) is 1.86. The highest BCUT2D eigenvalue weighted by molar-refractivity contribution is 6.03. The average Bonchev–Trinajstić information content (AvgIpc) is 3.00. The fourth-order valence-electron chi connectivity index (χ4n) is 1.41. The van der Waals surface area contributed by atoms with Crippen LogP contribution in [0.2, 0.25) is 0 Å². The molecule has 0 radical (unpaired) electrons. The highest BCUT2D eigenvalue weighted by Crippen LogP contribution is 2.33. The highest BCUT2D eigenvalue weighted by Gasteiger charge is 2.28. The molecule has 0 bridgehead atoms. The molecule has 2 nitrogen and oxygen atoms in total.